The Morgan fingerprint density at radius 1 is 1.09 bits per heavy atom. The minimum absolute atomic E-state index is 0.0486. The van der Waals surface area contributed by atoms with Gasteiger partial charge in [0.25, 0.3) is 0 Å². The Kier molecular flexibility index (Phi) is 5.08. The van der Waals surface area contributed by atoms with Crippen LogP contribution in [0.1, 0.15) is 15.9 Å². The smallest absolute Gasteiger partial charge is 0.242 e. The van der Waals surface area contributed by atoms with Gasteiger partial charge in [0.2, 0.25) is 10.0 Å². The van der Waals surface area contributed by atoms with Gasteiger partial charge in [-0.3, -0.25) is 4.79 Å². The third kappa shape index (κ3) is 4.12. The van der Waals surface area contributed by atoms with E-state index in [0.717, 1.165) is 4.31 Å². The first-order chi connectivity index (χ1) is 10.8. The summed E-state index contributed by atoms with van der Waals surface area (Å²) in [5, 5.41) is 0. The van der Waals surface area contributed by atoms with E-state index in [2.05, 4.69) is 0 Å². The summed E-state index contributed by atoms with van der Waals surface area (Å²) in [4.78, 5) is 12.2. The zero-order valence-electron chi connectivity index (χ0n) is 12.7. The van der Waals surface area contributed by atoms with Crippen LogP contribution in [0.3, 0.4) is 0 Å². The van der Waals surface area contributed by atoms with Gasteiger partial charge in [-0.15, -0.1) is 0 Å². The van der Waals surface area contributed by atoms with E-state index >= 15 is 0 Å². The molecule has 0 spiro atoms. The van der Waals surface area contributed by atoms with E-state index in [-0.39, 0.29) is 16.2 Å². The number of carbonyl (C=O) groups excluding carboxylic acids is 1. The van der Waals surface area contributed by atoms with Crippen molar-refractivity contribution in [1.29, 1.82) is 0 Å². The summed E-state index contributed by atoms with van der Waals surface area (Å²) < 4.78 is 38.3. The van der Waals surface area contributed by atoms with Crippen molar-refractivity contribution in [1.82, 2.24) is 4.31 Å². The van der Waals surface area contributed by atoms with Gasteiger partial charge in [-0.05, 0) is 35.9 Å². The third-order valence-electron chi connectivity index (χ3n) is 3.17. The van der Waals surface area contributed by atoms with E-state index < -0.39 is 15.8 Å². The summed E-state index contributed by atoms with van der Waals surface area (Å²) in [5.74, 6) is -0.747. The van der Waals surface area contributed by atoms with Crippen LogP contribution in [-0.2, 0) is 10.0 Å². The monoisotopic (exact) mass is 333 g/mol. The van der Waals surface area contributed by atoms with Crippen LogP contribution >= 0.6 is 0 Å². The fraction of sp³-hybridized carbons (Fsp3) is 0.118. The van der Waals surface area contributed by atoms with Crippen LogP contribution in [0, 0.1) is 5.82 Å². The molecule has 2 rings (SSSR count). The lowest BCUT2D eigenvalue weighted by Crippen LogP contribution is -2.22. The molecule has 0 aliphatic rings. The molecular formula is C17H16FNO3S. The highest BCUT2D eigenvalue weighted by Gasteiger charge is 2.18. The Balaban J connectivity index is 2.27. The standard InChI is InChI=1S/C17H16FNO3S/c1-19(2)23(21,22)16-8-4-6-14(12-16)17(20)10-9-13-5-3-7-15(18)11-13/h3-12H,1-2H3/b10-9+. The number of rotatable bonds is 5. The number of hydrogen-bond donors (Lipinski definition) is 0. The zero-order valence-corrected chi connectivity index (χ0v) is 13.5. The molecule has 0 saturated carbocycles. The molecule has 0 bridgehead atoms. The molecule has 6 heteroatoms. The largest absolute Gasteiger partial charge is 0.289 e. The summed E-state index contributed by atoms with van der Waals surface area (Å²) in [6.45, 7) is 0. The lowest BCUT2D eigenvalue weighted by Gasteiger charge is -2.11. The summed E-state index contributed by atoms with van der Waals surface area (Å²) in [6.07, 6.45) is 2.77. The average molecular weight is 333 g/mol. The van der Waals surface area contributed by atoms with Crippen LogP contribution in [0.2, 0.25) is 0 Å². The van der Waals surface area contributed by atoms with Crippen LogP contribution in [0.5, 0.6) is 0 Å². The first-order valence-corrected chi connectivity index (χ1v) is 8.25. The molecule has 120 valence electrons. The normalized spacial score (nSPS) is 12.0. The van der Waals surface area contributed by atoms with Crippen LogP contribution in [0.15, 0.2) is 59.5 Å². The van der Waals surface area contributed by atoms with Gasteiger partial charge in [0.1, 0.15) is 5.82 Å². The molecule has 0 amide bonds. The number of allylic oxidation sites excluding steroid dienone is 1. The second-order valence-electron chi connectivity index (χ2n) is 5.07. The quantitative estimate of drug-likeness (QED) is 0.624. The highest BCUT2D eigenvalue weighted by atomic mass is 32.2. The topological polar surface area (TPSA) is 54.5 Å². The fourth-order valence-corrected chi connectivity index (χ4v) is 2.85. The fourth-order valence-electron chi connectivity index (χ4n) is 1.90. The molecule has 0 saturated heterocycles. The maximum absolute atomic E-state index is 13.1. The van der Waals surface area contributed by atoms with Crippen molar-refractivity contribution in [3.05, 3.63) is 71.6 Å². The number of sulfonamides is 1. The third-order valence-corrected chi connectivity index (χ3v) is 4.98. The molecule has 0 N–H and O–H groups in total. The summed E-state index contributed by atoms with van der Waals surface area (Å²) in [5.41, 5.74) is 0.802. The van der Waals surface area contributed by atoms with Gasteiger partial charge in [-0.25, -0.2) is 17.1 Å². The Hall–Kier alpha value is -2.31. The lowest BCUT2D eigenvalue weighted by atomic mass is 10.1. The predicted molar refractivity (Wildman–Crippen MR) is 87.1 cm³/mol. The Bertz CT molecular complexity index is 858. The van der Waals surface area contributed by atoms with Crippen molar-refractivity contribution >= 4 is 21.9 Å². The van der Waals surface area contributed by atoms with E-state index in [1.807, 2.05) is 0 Å². The number of benzene rings is 2. The second-order valence-corrected chi connectivity index (χ2v) is 7.22. The Labute approximate surface area is 134 Å². The number of nitrogens with zero attached hydrogens (tertiary/aromatic N) is 1. The number of hydrogen-bond acceptors (Lipinski definition) is 3. The van der Waals surface area contributed by atoms with E-state index in [0.29, 0.717) is 5.56 Å². The lowest BCUT2D eigenvalue weighted by molar-refractivity contribution is 0.104. The molecule has 0 aromatic heterocycles. The Morgan fingerprint density at radius 2 is 1.78 bits per heavy atom. The minimum atomic E-state index is -3.60. The molecule has 2 aromatic carbocycles. The van der Waals surface area contributed by atoms with Gasteiger partial charge in [0, 0.05) is 19.7 Å². The molecule has 2 aromatic rings. The van der Waals surface area contributed by atoms with Crippen molar-refractivity contribution in [3.63, 3.8) is 0 Å². The van der Waals surface area contributed by atoms with Crippen molar-refractivity contribution in [2.24, 2.45) is 0 Å². The van der Waals surface area contributed by atoms with E-state index in [4.69, 9.17) is 0 Å². The SMILES string of the molecule is CN(C)S(=O)(=O)c1cccc(C(=O)/C=C/c2cccc(F)c2)c1. The molecule has 0 aliphatic carbocycles. The summed E-state index contributed by atoms with van der Waals surface area (Å²) in [7, 11) is -0.750. The molecule has 0 radical (unpaired) electrons. The van der Waals surface area contributed by atoms with Crippen molar-refractivity contribution in [3.8, 4) is 0 Å². The predicted octanol–water partition coefficient (Wildman–Crippen LogP) is 2.97. The van der Waals surface area contributed by atoms with Crippen LogP contribution in [0.25, 0.3) is 6.08 Å². The van der Waals surface area contributed by atoms with E-state index in [9.17, 15) is 17.6 Å². The molecule has 0 fully saturated rings. The molecule has 4 nitrogen and oxygen atoms in total. The highest BCUT2D eigenvalue weighted by Crippen LogP contribution is 2.16. The van der Waals surface area contributed by atoms with Crippen molar-refractivity contribution in [2.75, 3.05) is 14.1 Å². The molecule has 0 aliphatic heterocycles. The average Bonchev–Trinajstić information content (AvgIpc) is 2.52. The van der Waals surface area contributed by atoms with E-state index in [1.165, 1.54) is 62.6 Å². The number of ketones is 1. The van der Waals surface area contributed by atoms with Gasteiger partial charge in [-0.2, -0.15) is 0 Å². The number of carbonyl (C=O) groups is 1. The van der Waals surface area contributed by atoms with Gasteiger partial charge < -0.3 is 0 Å². The maximum atomic E-state index is 13.1. The second kappa shape index (κ2) is 6.85. The summed E-state index contributed by atoms with van der Waals surface area (Å²) in [6, 6.07) is 11.6. The maximum Gasteiger partial charge on any atom is 0.242 e. The van der Waals surface area contributed by atoms with Gasteiger partial charge in [0.05, 0.1) is 4.90 Å². The first kappa shape index (κ1) is 17.1. The summed E-state index contributed by atoms with van der Waals surface area (Å²) >= 11 is 0. The molecule has 0 atom stereocenters. The van der Waals surface area contributed by atoms with Gasteiger partial charge in [-0.1, -0.05) is 30.3 Å². The zero-order chi connectivity index (χ0) is 17.0. The molecule has 0 heterocycles. The molecular weight excluding hydrogens is 317 g/mol. The van der Waals surface area contributed by atoms with Crippen molar-refractivity contribution in [2.45, 2.75) is 4.90 Å². The van der Waals surface area contributed by atoms with Crippen LogP contribution < -0.4 is 0 Å². The van der Waals surface area contributed by atoms with Gasteiger partial charge >= 0.3 is 0 Å². The Morgan fingerprint density at radius 3 is 2.43 bits per heavy atom. The van der Waals surface area contributed by atoms with E-state index in [1.54, 1.807) is 12.1 Å². The first-order valence-electron chi connectivity index (χ1n) is 6.81. The number of halogens is 1. The molecule has 23 heavy (non-hydrogen) atoms. The molecule has 0 unspecified atom stereocenters. The van der Waals surface area contributed by atoms with Crippen LogP contribution in [-0.4, -0.2) is 32.6 Å². The minimum Gasteiger partial charge on any atom is -0.289 e. The van der Waals surface area contributed by atoms with Crippen LogP contribution in [0.4, 0.5) is 4.39 Å². The highest BCUT2D eigenvalue weighted by molar-refractivity contribution is 7.89. The van der Waals surface area contributed by atoms with Gasteiger partial charge in [0.15, 0.2) is 5.78 Å². The van der Waals surface area contributed by atoms with Crippen molar-refractivity contribution < 1.29 is 17.6 Å².